The van der Waals surface area contributed by atoms with E-state index in [0.717, 1.165) is 25.5 Å². The Labute approximate surface area is 94.0 Å². The fraction of sp³-hybridized carbons (Fsp3) is 0.583. The first kappa shape index (κ1) is 11.5. The number of aromatic nitrogens is 1. The number of aliphatic hydroxyl groups is 2. The molecule has 4 heteroatoms. The van der Waals surface area contributed by atoms with Crippen molar-refractivity contribution in [3.05, 3.63) is 29.8 Å². The van der Waals surface area contributed by atoms with Crippen LogP contribution < -0.4 is 0 Å². The monoisotopic (exact) mass is 225 g/mol. The molecule has 0 amide bonds. The van der Waals surface area contributed by atoms with Crippen molar-refractivity contribution >= 4 is 0 Å². The van der Waals surface area contributed by atoms with Gasteiger partial charge in [0.1, 0.15) is 11.9 Å². The zero-order valence-corrected chi connectivity index (χ0v) is 9.06. The number of nitrogens with zero attached hydrogens (tertiary/aromatic N) is 1. The number of hydrogen-bond acceptors (Lipinski definition) is 3. The normalized spacial score (nSPS) is 21.7. The van der Waals surface area contributed by atoms with Gasteiger partial charge in [-0.15, -0.1) is 0 Å². The number of rotatable bonds is 2. The molecule has 88 valence electrons. The van der Waals surface area contributed by atoms with Crippen molar-refractivity contribution in [1.29, 1.82) is 0 Å². The zero-order chi connectivity index (χ0) is 11.6. The summed E-state index contributed by atoms with van der Waals surface area (Å²) in [5.74, 6) is -0.561. The predicted octanol–water partition coefficient (Wildman–Crippen LogP) is 1.95. The lowest BCUT2D eigenvalue weighted by Crippen LogP contribution is -2.38. The van der Waals surface area contributed by atoms with E-state index in [2.05, 4.69) is 4.98 Å². The van der Waals surface area contributed by atoms with Crippen LogP contribution in [0.25, 0.3) is 0 Å². The highest BCUT2D eigenvalue weighted by molar-refractivity contribution is 5.19. The fourth-order valence-corrected chi connectivity index (χ4v) is 2.33. The largest absolute Gasteiger partial charge is 0.387 e. The van der Waals surface area contributed by atoms with E-state index in [1.54, 1.807) is 0 Å². The predicted molar refractivity (Wildman–Crippen MR) is 57.2 cm³/mol. The van der Waals surface area contributed by atoms with Crippen LogP contribution in [0.15, 0.2) is 18.5 Å². The minimum Gasteiger partial charge on any atom is -0.387 e. The Kier molecular flexibility index (Phi) is 3.21. The Morgan fingerprint density at radius 1 is 1.31 bits per heavy atom. The summed E-state index contributed by atoms with van der Waals surface area (Å²) < 4.78 is 13.4. The molecule has 16 heavy (non-hydrogen) atoms. The van der Waals surface area contributed by atoms with E-state index in [-0.39, 0.29) is 5.56 Å². The van der Waals surface area contributed by atoms with Crippen LogP contribution in [0.1, 0.15) is 43.8 Å². The van der Waals surface area contributed by atoms with Gasteiger partial charge in [-0.2, -0.15) is 0 Å². The van der Waals surface area contributed by atoms with Crippen LogP contribution in [0.4, 0.5) is 4.39 Å². The van der Waals surface area contributed by atoms with Crippen LogP contribution in [-0.2, 0) is 0 Å². The molecule has 0 saturated heterocycles. The Balaban J connectivity index is 2.24. The van der Waals surface area contributed by atoms with E-state index in [1.165, 1.54) is 12.3 Å². The lowest BCUT2D eigenvalue weighted by molar-refractivity contribution is -0.100. The van der Waals surface area contributed by atoms with E-state index in [1.807, 2.05) is 0 Å². The van der Waals surface area contributed by atoms with Crippen LogP contribution in [-0.4, -0.2) is 20.8 Å². The summed E-state index contributed by atoms with van der Waals surface area (Å²) in [7, 11) is 0. The molecule has 0 bridgehead atoms. The summed E-state index contributed by atoms with van der Waals surface area (Å²) in [5.41, 5.74) is -1.04. The molecule has 0 aromatic carbocycles. The average Bonchev–Trinajstić information content (AvgIpc) is 2.30. The SMILES string of the molecule is OC(c1ccncc1F)C1(O)CCCCC1. The van der Waals surface area contributed by atoms with E-state index < -0.39 is 17.5 Å². The van der Waals surface area contributed by atoms with E-state index in [4.69, 9.17) is 0 Å². The second-order valence-electron chi connectivity index (χ2n) is 4.46. The van der Waals surface area contributed by atoms with Gasteiger partial charge in [-0.25, -0.2) is 4.39 Å². The molecule has 2 N–H and O–H groups in total. The third-order valence-electron chi connectivity index (χ3n) is 3.33. The molecule has 0 spiro atoms. The van der Waals surface area contributed by atoms with Crippen molar-refractivity contribution in [2.75, 3.05) is 0 Å². The molecule has 1 aliphatic carbocycles. The highest BCUT2D eigenvalue weighted by Gasteiger charge is 2.38. The molecule has 0 radical (unpaired) electrons. The Morgan fingerprint density at radius 2 is 2.00 bits per heavy atom. The molecular weight excluding hydrogens is 209 g/mol. The molecule has 1 aromatic rings. The number of hydrogen-bond donors (Lipinski definition) is 2. The van der Waals surface area contributed by atoms with Crippen LogP contribution >= 0.6 is 0 Å². The van der Waals surface area contributed by atoms with Gasteiger partial charge in [-0.05, 0) is 18.9 Å². The minimum absolute atomic E-state index is 0.138. The lowest BCUT2D eigenvalue weighted by Gasteiger charge is -2.36. The second-order valence-corrected chi connectivity index (χ2v) is 4.46. The first-order valence-corrected chi connectivity index (χ1v) is 5.63. The Hall–Kier alpha value is -1.00. The summed E-state index contributed by atoms with van der Waals surface area (Å²) in [6.07, 6.45) is 5.19. The van der Waals surface area contributed by atoms with Gasteiger partial charge in [0.15, 0.2) is 0 Å². The first-order valence-electron chi connectivity index (χ1n) is 5.63. The number of halogens is 1. The van der Waals surface area contributed by atoms with Crippen LogP contribution in [0.2, 0.25) is 0 Å². The minimum atomic E-state index is -1.18. The molecular formula is C12H16FNO2. The molecule has 0 aliphatic heterocycles. The van der Waals surface area contributed by atoms with E-state index in [9.17, 15) is 14.6 Å². The molecule has 1 heterocycles. The third-order valence-corrected chi connectivity index (χ3v) is 3.33. The van der Waals surface area contributed by atoms with Gasteiger partial charge in [0, 0.05) is 11.8 Å². The smallest absolute Gasteiger partial charge is 0.147 e. The van der Waals surface area contributed by atoms with Gasteiger partial charge < -0.3 is 10.2 Å². The molecule has 2 rings (SSSR count). The molecule has 1 fully saturated rings. The van der Waals surface area contributed by atoms with Gasteiger partial charge in [0.2, 0.25) is 0 Å². The molecule has 1 aliphatic rings. The maximum Gasteiger partial charge on any atom is 0.147 e. The summed E-state index contributed by atoms with van der Waals surface area (Å²) in [5, 5.41) is 20.3. The summed E-state index contributed by atoms with van der Waals surface area (Å²) >= 11 is 0. The Morgan fingerprint density at radius 3 is 2.62 bits per heavy atom. The third kappa shape index (κ3) is 2.08. The van der Waals surface area contributed by atoms with Gasteiger partial charge in [-0.1, -0.05) is 19.3 Å². The molecule has 1 aromatic heterocycles. The van der Waals surface area contributed by atoms with Gasteiger partial charge in [0.25, 0.3) is 0 Å². The quantitative estimate of drug-likeness (QED) is 0.808. The van der Waals surface area contributed by atoms with Crippen molar-refractivity contribution in [1.82, 2.24) is 4.98 Å². The average molecular weight is 225 g/mol. The van der Waals surface area contributed by atoms with Crippen molar-refractivity contribution in [2.24, 2.45) is 0 Å². The first-order chi connectivity index (χ1) is 7.63. The summed E-state index contributed by atoms with van der Waals surface area (Å²) in [6, 6.07) is 1.42. The van der Waals surface area contributed by atoms with Crippen LogP contribution in [0.3, 0.4) is 0 Å². The second kappa shape index (κ2) is 4.47. The van der Waals surface area contributed by atoms with Gasteiger partial charge in [0.05, 0.1) is 11.8 Å². The van der Waals surface area contributed by atoms with Crippen LogP contribution in [0, 0.1) is 5.82 Å². The van der Waals surface area contributed by atoms with Gasteiger partial charge in [-0.3, -0.25) is 4.98 Å². The van der Waals surface area contributed by atoms with E-state index in [0.29, 0.717) is 12.8 Å². The van der Waals surface area contributed by atoms with Crippen molar-refractivity contribution in [2.45, 2.75) is 43.8 Å². The topological polar surface area (TPSA) is 53.4 Å². The van der Waals surface area contributed by atoms with Crippen molar-refractivity contribution in [3.8, 4) is 0 Å². The standard InChI is InChI=1S/C12H16FNO2/c13-10-8-14-7-4-9(10)11(15)12(16)5-2-1-3-6-12/h4,7-8,11,15-16H,1-3,5-6H2. The molecule has 1 unspecified atom stereocenters. The number of pyridine rings is 1. The maximum atomic E-state index is 13.4. The lowest BCUT2D eigenvalue weighted by atomic mass is 9.78. The summed E-state index contributed by atoms with van der Waals surface area (Å²) in [6.45, 7) is 0. The van der Waals surface area contributed by atoms with Crippen LogP contribution in [0.5, 0.6) is 0 Å². The highest BCUT2D eigenvalue weighted by atomic mass is 19.1. The molecule has 1 saturated carbocycles. The number of aliphatic hydroxyl groups excluding tert-OH is 1. The van der Waals surface area contributed by atoms with Gasteiger partial charge >= 0.3 is 0 Å². The van der Waals surface area contributed by atoms with Crippen molar-refractivity contribution in [3.63, 3.8) is 0 Å². The Bertz CT molecular complexity index is 364. The zero-order valence-electron chi connectivity index (χ0n) is 9.06. The summed E-state index contributed by atoms with van der Waals surface area (Å²) in [4.78, 5) is 3.63. The maximum absolute atomic E-state index is 13.4. The molecule has 1 atom stereocenters. The highest BCUT2D eigenvalue weighted by Crippen LogP contribution is 2.38. The van der Waals surface area contributed by atoms with E-state index >= 15 is 0 Å². The fourth-order valence-electron chi connectivity index (χ4n) is 2.33. The molecule has 3 nitrogen and oxygen atoms in total. The van der Waals surface area contributed by atoms with Crippen molar-refractivity contribution < 1.29 is 14.6 Å².